The van der Waals surface area contributed by atoms with E-state index in [1.807, 2.05) is 23.6 Å². The van der Waals surface area contributed by atoms with Gasteiger partial charge in [0.15, 0.2) is 11.5 Å². The highest BCUT2D eigenvalue weighted by molar-refractivity contribution is 7.10. The molecule has 1 aliphatic carbocycles. The highest BCUT2D eigenvalue weighted by Gasteiger charge is 2.23. The number of nitrogens with one attached hydrogen (secondary N) is 1. The van der Waals surface area contributed by atoms with Crippen molar-refractivity contribution in [3.63, 3.8) is 0 Å². The van der Waals surface area contributed by atoms with Crippen molar-refractivity contribution in [3.05, 3.63) is 45.1 Å². The minimum Gasteiger partial charge on any atom is -0.454 e. The molecular weight excluding hydrogens is 324 g/mol. The summed E-state index contributed by atoms with van der Waals surface area (Å²) in [7, 11) is 0. The Labute approximate surface area is 144 Å². The second kappa shape index (κ2) is 6.28. The number of thiophene rings is 1. The normalized spacial score (nSPS) is 18.6. The lowest BCUT2D eigenvalue weighted by Crippen LogP contribution is -2.20. The summed E-state index contributed by atoms with van der Waals surface area (Å²) < 4.78 is 10.6. The van der Waals surface area contributed by atoms with Gasteiger partial charge in [-0.3, -0.25) is 4.79 Å². The molecule has 4 rings (SSSR count). The first-order valence-corrected chi connectivity index (χ1v) is 8.91. The maximum atomic E-state index is 12.4. The van der Waals surface area contributed by atoms with Crippen molar-refractivity contribution in [3.8, 4) is 11.5 Å². The van der Waals surface area contributed by atoms with Crippen LogP contribution in [0.25, 0.3) is 0 Å². The van der Waals surface area contributed by atoms with E-state index in [9.17, 15) is 4.79 Å². The van der Waals surface area contributed by atoms with E-state index in [-0.39, 0.29) is 12.7 Å². The van der Waals surface area contributed by atoms with Gasteiger partial charge in [0.25, 0.3) is 5.91 Å². The summed E-state index contributed by atoms with van der Waals surface area (Å²) in [6.07, 6.45) is 4.81. The number of hydrogen-bond donors (Lipinski definition) is 1. The zero-order valence-electron chi connectivity index (χ0n) is 13.4. The smallest absolute Gasteiger partial charge is 0.272 e. The maximum Gasteiger partial charge on any atom is 0.272 e. The Hall–Kier alpha value is -2.34. The van der Waals surface area contributed by atoms with E-state index in [1.165, 1.54) is 10.4 Å². The lowest BCUT2D eigenvalue weighted by atomic mass is 9.88. The molecule has 0 fully saturated rings. The SMILES string of the molecule is CC1CCc2c(C(=O)NN=Cc3ccc4c(c3)OCO4)csc2C1. The number of fused-ring (bicyclic) bond motifs is 2. The minimum absolute atomic E-state index is 0.140. The van der Waals surface area contributed by atoms with Gasteiger partial charge in [0.1, 0.15) is 0 Å². The Bertz CT molecular complexity index is 813. The molecule has 1 aliphatic heterocycles. The average molecular weight is 342 g/mol. The van der Waals surface area contributed by atoms with Gasteiger partial charge in [0, 0.05) is 10.3 Å². The molecule has 5 nitrogen and oxygen atoms in total. The lowest BCUT2D eigenvalue weighted by Gasteiger charge is -2.18. The highest BCUT2D eigenvalue weighted by atomic mass is 32.1. The number of amides is 1. The Kier molecular flexibility index (Phi) is 3.98. The van der Waals surface area contributed by atoms with Crippen molar-refractivity contribution >= 4 is 23.5 Å². The first-order chi connectivity index (χ1) is 11.7. The molecule has 1 aromatic heterocycles. The topological polar surface area (TPSA) is 59.9 Å². The molecule has 124 valence electrons. The van der Waals surface area contributed by atoms with Crippen LogP contribution >= 0.6 is 11.3 Å². The zero-order chi connectivity index (χ0) is 16.5. The Morgan fingerprint density at radius 1 is 1.38 bits per heavy atom. The third-order valence-electron chi connectivity index (χ3n) is 4.42. The molecule has 0 saturated carbocycles. The van der Waals surface area contributed by atoms with Gasteiger partial charge in [0.05, 0.1) is 11.8 Å². The van der Waals surface area contributed by atoms with Crippen molar-refractivity contribution in [2.45, 2.75) is 26.2 Å². The van der Waals surface area contributed by atoms with E-state index in [4.69, 9.17) is 9.47 Å². The van der Waals surface area contributed by atoms with Gasteiger partial charge in [-0.15, -0.1) is 11.3 Å². The maximum absolute atomic E-state index is 12.4. The molecule has 0 bridgehead atoms. The molecule has 1 atom stereocenters. The number of benzene rings is 1. The minimum atomic E-state index is -0.140. The summed E-state index contributed by atoms with van der Waals surface area (Å²) in [6.45, 7) is 2.51. The molecule has 2 aliphatic rings. The molecule has 1 N–H and O–H groups in total. The van der Waals surface area contributed by atoms with Crippen LogP contribution in [0.5, 0.6) is 11.5 Å². The number of ether oxygens (including phenoxy) is 2. The second-order valence-electron chi connectivity index (χ2n) is 6.21. The van der Waals surface area contributed by atoms with Crippen molar-refractivity contribution in [1.29, 1.82) is 0 Å². The van der Waals surface area contributed by atoms with Crippen LogP contribution in [0.4, 0.5) is 0 Å². The number of carbonyl (C=O) groups excluding carboxylic acids is 1. The predicted molar refractivity (Wildman–Crippen MR) is 93.1 cm³/mol. The summed E-state index contributed by atoms with van der Waals surface area (Å²) in [5.41, 5.74) is 5.45. The van der Waals surface area contributed by atoms with Gasteiger partial charge < -0.3 is 9.47 Å². The van der Waals surface area contributed by atoms with Crippen LogP contribution in [0.1, 0.15) is 39.7 Å². The lowest BCUT2D eigenvalue weighted by molar-refractivity contribution is 0.0954. The predicted octanol–water partition coefficient (Wildman–Crippen LogP) is 3.37. The molecule has 2 aromatic rings. The van der Waals surface area contributed by atoms with Crippen LogP contribution < -0.4 is 14.9 Å². The van der Waals surface area contributed by atoms with Gasteiger partial charge in [-0.1, -0.05) is 6.92 Å². The van der Waals surface area contributed by atoms with Crippen LogP contribution in [0.3, 0.4) is 0 Å². The molecular formula is C18H18N2O3S. The van der Waals surface area contributed by atoms with Crippen molar-refractivity contribution in [2.24, 2.45) is 11.0 Å². The molecule has 0 saturated heterocycles. The van der Waals surface area contributed by atoms with E-state index in [1.54, 1.807) is 17.6 Å². The van der Waals surface area contributed by atoms with E-state index in [0.29, 0.717) is 11.7 Å². The van der Waals surface area contributed by atoms with E-state index >= 15 is 0 Å². The fourth-order valence-corrected chi connectivity index (χ4v) is 4.33. The quantitative estimate of drug-likeness (QED) is 0.687. The van der Waals surface area contributed by atoms with Gasteiger partial charge in [-0.2, -0.15) is 5.10 Å². The summed E-state index contributed by atoms with van der Waals surface area (Å²) in [6, 6.07) is 5.55. The van der Waals surface area contributed by atoms with Crippen LogP contribution in [0, 0.1) is 5.92 Å². The van der Waals surface area contributed by atoms with E-state index in [0.717, 1.165) is 36.1 Å². The number of nitrogens with zero attached hydrogens (tertiary/aromatic N) is 1. The molecule has 1 aromatic carbocycles. The van der Waals surface area contributed by atoms with Crippen LogP contribution in [0.15, 0.2) is 28.7 Å². The zero-order valence-corrected chi connectivity index (χ0v) is 14.2. The van der Waals surface area contributed by atoms with Crippen LogP contribution in [0.2, 0.25) is 0 Å². The third-order valence-corrected chi connectivity index (χ3v) is 5.47. The fraction of sp³-hybridized carbons (Fsp3) is 0.333. The number of carbonyl (C=O) groups is 1. The van der Waals surface area contributed by atoms with E-state index < -0.39 is 0 Å². The standard InChI is InChI=1S/C18H18N2O3S/c1-11-2-4-13-14(9-24-17(13)6-11)18(21)20-19-8-12-3-5-15-16(7-12)23-10-22-15/h3,5,7-9,11H,2,4,6,10H2,1H3,(H,20,21). The number of hydrazone groups is 1. The summed E-state index contributed by atoms with van der Waals surface area (Å²) >= 11 is 1.68. The van der Waals surface area contributed by atoms with Crippen LogP contribution in [-0.2, 0) is 12.8 Å². The molecule has 6 heteroatoms. The Balaban J connectivity index is 1.43. The fourth-order valence-electron chi connectivity index (χ4n) is 3.09. The van der Waals surface area contributed by atoms with E-state index in [2.05, 4.69) is 17.5 Å². The number of rotatable bonds is 3. The monoisotopic (exact) mass is 342 g/mol. The molecule has 0 radical (unpaired) electrons. The van der Waals surface area contributed by atoms with Crippen molar-refractivity contribution in [2.75, 3.05) is 6.79 Å². The van der Waals surface area contributed by atoms with Gasteiger partial charge in [-0.05, 0) is 54.5 Å². The highest BCUT2D eigenvalue weighted by Crippen LogP contribution is 2.33. The molecule has 1 unspecified atom stereocenters. The van der Waals surface area contributed by atoms with Gasteiger partial charge in [0.2, 0.25) is 6.79 Å². The van der Waals surface area contributed by atoms with Crippen molar-refractivity contribution < 1.29 is 14.3 Å². The first-order valence-electron chi connectivity index (χ1n) is 8.03. The summed E-state index contributed by atoms with van der Waals surface area (Å²) in [5.74, 6) is 2.00. The molecule has 0 spiro atoms. The molecule has 1 amide bonds. The molecule has 2 heterocycles. The number of hydrogen-bond acceptors (Lipinski definition) is 5. The largest absolute Gasteiger partial charge is 0.454 e. The van der Waals surface area contributed by atoms with Gasteiger partial charge >= 0.3 is 0 Å². The van der Waals surface area contributed by atoms with Crippen molar-refractivity contribution in [1.82, 2.24) is 5.43 Å². The first kappa shape index (κ1) is 15.2. The summed E-state index contributed by atoms with van der Waals surface area (Å²) in [5, 5.41) is 6.02. The summed E-state index contributed by atoms with van der Waals surface area (Å²) in [4.78, 5) is 13.7. The third kappa shape index (κ3) is 2.89. The van der Waals surface area contributed by atoms with Gasteiger partial charge in [-0.25, -0.2) is 5.43 Å². The average Bonchev–Trinajstić information content (AvgIpc) is 3.20. The van der Waals surface area contributed by atoms with Crippen LogP contribution in [-0.4, -0.2) is 18.9 Å². The molecule has 24 heavy (non-hydrogen) atoms. The Morgan fingerprint density at radius 2 is 2.25 bits per heavy atom. The second-order valence-corrected chi connectivity index (χ2v) is 7.18. The Morgan fingerprint density at radius 3 is 3.17 bits per heavy atom.